The van der Waals surface area contributed by atoms with Crippen LogP contribution in [0.4, 0.5) is 19.6 Å². The molecule has 1 saturated heterocycles. The van der Waals surface area contributed by atoms with E-state index in [4.69, 9.17) is 17.3 Å². The molecule has 30 heavy (non-hydrogen) atoms. The smallest absolute Gasteiger partial charge is 0.266 e. The molecule has 1 aromatic carbocycles. The minimum absolute atomic E-state index is 0.0397. The molecular weight excluding hydrogens is 460 g/mol. The van der Waals surface area contributed by atoms with Gasteiger partial charge in [-0.1, -0.05) is 22.9 Å². The minimum Gasteiger partial charge on any atom is -0.386 e. The lowest BCUT2D eigenvalue weighted by molar-refractivity contribution is -0.0900. The van der Waals surface area contributed by atoms with Gasteiger partial charge in [0.2, 0.25) is 0 Å². The molecule has 13 heteroatoms. The molecule has 0 radical (unpaired) electrons. The van der Waals surface area contributed by atoms with Crippen molar-refractivity contribution in [2.75, 3.05) is 42.8 Å². The number of halogens is 3. The molecule has 1 aliphatic heterocycles. The van der Waals surface area contributed by atoms with Crippen molar-refractivity contribution in [3.05, 3.63) is 34.3 Å². The summed E-state index contributed by atoms with van der Waals surface area (Å²) in [5.41, 5.74) is 4.99. The summed E-state index contributed by atoms with van der Waals surface area (Å²) in [5.74, 6) is -0.993. The number of unbranched alkanes of at least 4 members (excludes halogenated alkanes) is 1. The van der Waals surface area contributed by atoms with Crippen molar-refractivity contribution >= 4 is 43.8 Å². The van der Waals surface area contributed by atoms with Crippen molar-refractivity contribution in [1.82, 2.24) is 9.88 Å². The second-order valence-corrected chi connectivity index (χ2v) is 10.1. The van der Waals surface area contributed by atoms with Crippen molar-refractivity contribution in [1.29, 1.82) is 0 Å². The van der Waals surface area contributed by atoms with E-state index >= 15 is 0 Å². The number of likely N-dealkylation sites (tertiary alicyclic amines) is 1. The lowest BCUT2D eigenvalue weighted by atomic mass is 9.94. The summed E-state index contributed by atoms with van der Waals surface area (Å²) in [5, 5.41) is 12.0. The fraction of sp³-hybridized carbons (Fsp3) is 0.471. The predicted octanol–water partition coefficient (Wildman–Crippen LogP) is 2.07. The Labute approximate surface area is 182 Å². The van der Waals surface area contributed by atoms with Crippen LogP contribution in [0.25, 0.3) is 0 Å². The van der Waals surface area contributed by atoms with Gasteiger partial charge in [-0.3, -0.25) is 9.62 Å². The molecule has 0 atom stereocenters. The Balaban J connectivity index is 1.52. The number of benzene rings is 1. The maximum absolute atomic E-state index is 14.4. The summed E-state index contributed by atoms with van der Waals surface area (Å²) in [4.78, 5) is 5.00. The molecule has 0 aliphatic carbocycles. The number of hydrogen-bond donors (Lipinski definition) is 4. The first kappa shape index (κ1) is 23.1. The third-order valence-corrected chi connectivity index (χ3v) is 7.14. The molecule has 3 rings (SSSR count). The van der Waals surface area contributed by atoms with Crippen LogP contribution in [0.5, 0.6) is 0 Å². The second kappa shape index (κ2) is 9.28. The predicted molar refractivity (Wildman–Crippen MR) is 112 cm³/mol. The van der Waals surface area contributed by atoms with E-state index in [0.29, 0.717) is 31.0 Å². The van der Waals surface area contributed by atoms with Crippen LogP contribution in [0, 0.1) is 10.9 Å². The molecule has 2 aromatic rings. The Bertz CT molecular complexity index is 999. The number of β-amino-alcohol motifs (C(OH)–C–C–N with tert-alkyl or cyclic N) is 1. The van der Waals surface area contributed by atoms with Crippen LogP contribution in [0.3, 0.4) is 0 Å². The zero-order chi connectivity index (χ0) is 21.9. The monoisotopic (exact) mass is 481 g/mol. The average Bonchev–Trinajstić information content (AvgIpc) is 3.05. The summed E-state index contributed by atoms with van der Waals surface area (Å²) >= 11 is 6.60. The lowest BCUT2D eigenvalue weighted by Crippen LogP contribution is -2.65. The number of aliphatic hydroxyl groups is 1. The van der Waals surface area contributed by atoms with E-state index < -0.39 is 31.5 Å². The zero-order valence-corrected chi connectivity index (χ0v) is 18.3. The van der Waals surface area contributed by atoms with Gasteiger partial charge in [0.15, 0.2) is 10.3 Å². The van der Waals surface area contributed by atoms with Crippen LogP contribution < -0.4 is 15.8 Å². The fourth-order valence-corrected chi connectivity index (χ4v) is 5.27. The lowest BCUT2D eigenvalue weighted by Gasteiger charge is -2.46. The molecule has 0 amide bonds. The first-order valence-electron chi connectivity index (χ1n) is 9.14. The van der Waals surface area contributed by atoms with Gasteiger partial charge >= 0.3 is 0 Å². The highest BCUT2D eigenvalue weighted by atomic mass is 35.5. The van der Waals surface area contributed by atoms with Gasteiger partial charge in [-0.15, -0.1) is 0 Å². The van der Waals surface area contributed by atoms with E-state index in [0.717, 1.165) is 37.7 Å². The molecule has 0 spiro atoms. The van der Waals surface area contributed by atoms with Crippen LogP contribution in [0.1, 0.15) is 12.8 Å². The Morgan fingerprint density at radius 1 is 1.33 bits per heavy atom. The molecule has 5 N–H and O–H groups in total. The van der Waals surface area contributed by atoms with Gasteiger partial charge in [0.25, 0.3) is 10.0 Å². The van der Waals surface area contributed by atoms with Gasteiger partial charge in [-0.2, -0.15) is 4.39 Å². The summed E-state index contributed by atoms with van der Waals surface area (Å²) < 4.78 is 54.1. The minimum atomic E-state index is -4.31. The highest BCUT2D eigenvalue weighted by molar-refractivity contribution is 7.93. The molecule has 0 saturated carbocycles. The van der Waals surface area contributed by atoms with Gasteiger partial charge in [-0.25, -0.2) is 17.8 Å². The molecule has 166 valence electrons. The number of nitrogens with two attached hydrogens (primary N) is 1. The number of sulfonamides is 1. The summed E-state index contributed by atoms with van der Waals surface area (Å²) in [6.07, 6.45) is 2.49. The number of thiazole rings is 1. The van der Waals surface area contributed by atoms with E-state index in [1.165, 1.54) is 0 Å². The normalized spacial score (nSPS) is 16.3. The van der Waals surface area contributed by atoms with Gasteiger partial charge in [0, 0.05) is 26.2 Å². The van der Waals surface area contributed by atoms with Gasteiger partial charge in [0.05, 0.1) is 16.9 Å². The fourth-order valence-electron chi connectivity index (χ4n) is 3.10. The number of aromatic nitrogens is 1. The zero-order valence-electron chi connectivity index (χ0n) is 15.9. The Kier molecular flexibility index (Phi) is 7.15. The Morgan fingerprint density at radius 3 is 2.70 bits per heavy atom. The first-order chi connectivity index (χ1) is 14.1. The number of nitrogens with zero attached hydrogens (tertiary/aromatic N) is 2. The molecule has 1 aliphatic rings. The summed E-state index contributed by atoms with van der Waals surface area (Å²) in [6, 6.07) is 2.01. The van der Waals surface area contributed by atoms with Gasteiger partial charge in [-0.05, 0) is 31.5 Å². The van der Waals surface area contributed by atoms with E-state index in [1.54, 1.807) is 0 Å². The molecule has 8 nitrogen and oxygen atoms in total. The van der Waals surface area contributed by atoms with Crippen LogP contribution in [0.15, 0.2) is 23.2 Å². The highest BCUT2D eigenvalue weighted by Gasteiger charge is 2.39. The maximum Gasteiger partial charge on any atom is 0.266 e. The number of anilines is 2. The molecule has 0 bridgehead atoms. The first-order valence-corrected chi connectivity index (χ1v) is 11.8. The Hall–Kier alpha value is -1.57. The molecule has 1 aromatic heterocycles. The van der Waals surface area contributed by atoms with Gasteiger partial charge < -0.3 is 16.2 Å². The summed E-state index contributed by atoms with van der Waals surface area (Å²) in [7, 11) is -4.31. The molecule has 2 heterocycles. The average molecular weight is 482 g/mol. The molecule has 0 unspecified atom stereocenters. The van der Waals surface area contributed by atoms with Crippen molar-refractivity contribution in [3.8, 4) is 0 Å². The SMILES string of the molecule is NCC1(O)CN(CCCCNc2cc(F)c(S(=O)(=O)Nc3ncc(F)s3)cc2Cl)C1. The number of rotatable bonds is 10. The highest BCUT2D eigenvalue weighted by Crippen LogP contribution is 2.30. The molecule has 1 fully saturated rings. The van der Waals surface area contributed by atoms with Crippen molar-refractivity contribution in [2.24, 2.45) is 5.73 Å². The van der Waals surface area contributed by atoms with E-state index in [2.05, 4.69) is 15.2 Å². The third-order valence-electron chi connectivity index (χ3n) is 4.64. The van der Waals surface area contributed by atoms with Crippen molar-refractivity contribution in [3.63, 3.8) is 0 Å². The standard InChI is InChI=1S/C17H22ClF2N5O3S2/c18-11-5-14(30(27,28)24-16-23-7-15(20)29-16)12(19)6-13(11)22-3-1-2-4-25-9-17(26,8-21)10-25/h5-7,22,26H,1-4,8-10,21H2,(H,23,24). The van der Waals surface area contributed by atoms with Gasteiger partial charge in [0.1, 0.15) is 16.3 Å². The Morgan fingerprint density at radius 2 is 2.07 bits per heavy atom. The van der Waals surface area contributed by atoms with Crippen molar-refractivity contribution in [2.45, 2.75) is 23.3 Å². The largest absolute Gasteiger partial charge is 0.386 e. The van der Waals surface area contributed by atoms with E-state index in [1.807, 2.05) is 4.72 Å². The van der Waals surface area contributed by atoms with Crippen LogP contribution >= 0.6 is 22.9 Å². The third kappa shape index (κ3) is 5.56. The summed E-state index contributed by atoms with van der Waals surface area (Å²) in [6.45, 7) is 2.69. The van der Waals surface area contributed by atoms with Crippen LogP contribution in [-0.4, -0.2) is 61.7 Å². The molecular formula is C17H22ClF2N5O3S2. The van der Waals surface area contributed by atoms with Crippen molar-refractivity contribution < 1.29 is 22.3 Å². The number of hydrogen-bond acceptors (Lipinski definition) is 8. The number of nitrogens with one attached hydrogen (secondary N) is 2. The maximum atomic E-state index is 14.4. The van der Waals surface area contributed by atoms with E-state index in [9.17, 15) is 22.3 Å². The second-order valence-electron chi connectivity index (χ2n) is 7.11. The van der Waals surface area contributed by atoms with Crippen LogP contribution in [-0.2, 0) is 10.0 Å². The quantitative estimate of drug-likeness (QED) is 0.383. The topological polar surface area (TPSA) is 121 Å². The van der Waals surface area contributed by atoms with Crippen LogP contribution in [0.2, 0.25) is 5.02 Å². The van der Waals surface area contributed by atoms with E-state index in [-0.39, 0.29) is 22.4 Å².